The molecule has 0 radical (unpaired) electrons. The van der Waals surface area contributed by atoms with Gasteiger partial charge in [-0.1, -0.05) is 78.4 Å². The maximum Gasteiger partial charge on any atom is 0.310 e. The van der Waals surface area contributed by atoms with E-state index in [2.05, 4.69) is 44.3 Å². The third-order valence-electron chi connectivity index (χ3n) is 4.05. The average Bonchev–Trinajstić information content (AvgIpc) is 2.48. The van der Waals surface area contributed by atoms with Crippen molar-refractivity contribution in [2.24, 2.45) is 0 Å². The van der Waals surface area contributed by atoms with Gasteiger partial charge in [0.1, 0.15) is 8.07 Å². The van der Waals surface area contributed by atoms with Crippen LogP contribution in [-0.2, 0) is 9.53 Å². The molecule has 0 N–H and O–H groups in total. The second kappa shape index (κ2) is 6.27. The Hall–Kier alpha value is -1.87. The Kier molecular flexibility index (Phi) is 4.63. The average molecular weight is 298 g/mol. The smallest absolute Gasteiger partial charge is 0.310 e. The van der Waals surface area contributed by atoms with E-state index >= 15 is 0 Å². The number of hydrogen-bond acceptors (Lipinski definition) is 2. The van der Waals surface area contributed by atoms with Crippen LogP contribution in [-0.4, -0.2) is 21.2 Å². The predicted octanol–water partition coefficient (Wildman–Crippen LogP) is 3.41. The maximum absolute atomic E-state index is 12.5. The Balaban J connectivity index is 2.53. The summed E-state index contributed by atoms with van der Waals surface area (Å²) >= 11 is 0. The summed E-state index contributed by atoms with van der Waals surface area (Å²) in [7, 11) is -0.558. The molecule has 2 nitrogen and oxygen atoms in total. The fourth-order valence-corrected chi connectivity index (χ4v) is 5.95. The summed E-state index contributed by atoms with van der Waals surface area (Å²) in [6.07, 6.45) is 0. The molecule has 21 heavy (non-hydrogen) atoms. The van der Waals surface area contributed by atoms with Crippen LogP contribution in [0.5, 0.6) is 0 Å². The van der Waals surface area contributed by atoms with Crippen LogP contribution in [0.15, 0.2) is 54.6 Å². The summed E-state index contributed by atoms with van der Waals surface area (Å²) < 4.78 is 5.11. The number of rotatable bonds is 4. The summed E-state index contributed by atoms with van der Waals surface area (Å²) in [6.45, 7) is 6.51. The molecule has 0 aromatic heterocycles. The van der Waals surface area contributed by atoms with Gasteiger partial charge in [-0.3, -0.25) is 4.79 Å². The minimum absolute atomic E-state index is 0.138. The van der Waals surface area contributed by atoms with Gasteiger partial charge in [-0.2, -0.15) is 0 Å². The molecule has 1 unspecified atom stereocenters. The van der Waals surface area contributed by atoms with Gasteiger partial charge in [0.25, 0.3) is 0 Å². The van der Waals surface area contributed by atoms with Crippen LogP contribution in [0.4, 0.5) is 0 Å². The van der Waals surface area contributed by atoms with Crippen molar-refractivity contribution in [3.8, 4) is 0 Å². The molecule has 0 aliphatic heterocycles. The molecule has 2 rings (SSSR count). The van der Waals surface area contributed by atoms with Crippen molar-refractivity contribution in [3.05, 3.63) is 65.7 Å². The van der Waals surface area contributed by atoms with E-state index in [4.69, 9.17) is 4.74 Å². The molecule has 2 aromatic rings. The fourth-order valence-electron chi connectivity index (χ4n) is 2.85. The van der Waals surface area contributed by atoms with Crippen LogP contribution >= 0.6 is 0 Å². The van der Waals surface area contributed by atoms with Crippen molar-refractivity contribution in [1.29, 1.82) is 0 Å². The van der Waals surface area contributed by atoms with E-state index in [9.17, 15) is 4.79 Å². The summed E-state index contributed by atoms with van der Waals surface area (Å²) in [5.41, 5.74) is 2.03. The Morgan fingerprint density at radius 1 is 1.05 bits per heavy atom. The van der Waals surface area contributed by atoms with Gasteiger partial charge in [0.05, 0.1) is 12.7 Å². The van der Waals surface area contributed by atoms with E-state index in [1.165, 1.54) is 17.9 Å². The molecular formula is C18H22O2Si. The topological polar surface area (TPSA) is 26.3 Å². The van der Waals surface area contributed by atoms with E-state index in [1.54, 1.807) is 0 Å². The van der Waals surface area contributed by atoms with Crippen molar-refractivity contribution >= 4 is 19.2 Å². The Morgan fingerprint density at radius 2 is 1.71 bits per heavy atom. The highest BCUT2D eigenvalue weighted by molar-refractivity contribution is 6.93. The fraction of sp³-hybridized carbons (Fsp3) is 0.278. The van der Waals surface area contributed by atoms with Crippen molar-refractivity contribution in [3.63, 3.8) is 0 Å². The predicted molar refractivity (Wildman–Crippen MR) is 89.5 cm³/mol. The number of aryl methyl sites for hydroxylation is 1. The lowest BCUT2D eigenvalue weighted by molar-refractivity contribution is -0.140. The molecule has 110 valence electrons. The molecule has 0 spiro atoms. The van der Waals surface area contributed by atoms with Crippen LogP contribution in [0.2, 0.25) is 13.1 Å². The van der Waals surface area contributed by atoms with E-state index in [1.807, 2.05) is 30.3 Å². The van der Waals surface area contributed by atoms with Crippen molar-refractivity contribution in [2.75, 3.05) is 7.11 Å². The van der Waals surface area contributed by atoms with E-state index in [0.717, 1.165) is 5.56 Å². The third kappa shape index (κ3) is 3.24. The van der Waals surface area contributed by atoms with E-state index in [-0.39, 0.29) is 11.5 Å². The zero-order valence-electron chi connectivity index (χ0n) is 13.1. The molecule has 1 atom stereocenters. The highest BCUT2D eigenvalue weighted by atomic mass is 28.3. The zero-order chi connectivity index (χ0) is 15.5. The molecule has 0 amide bonds. The van der Waals surface area contributed by atoms with Crippen LogP contribution < -0.4 is 5.19 Å². The van der Waals surface area contributed by atoms with Crippen molar-refractivity contribution in [1.82, 2.24) is 0 Å². The minimum Gasteiger partial charge on any atom is -0.469 e. The number of carbonyl (C=O) groups is 1. The van der Waals surface area contributed by atoms with Gasteiger partial charge in [-0.05, 0) is 12.5 Å². The first-order chi connectivity index (χ1) is 9.96. The van der Waals surface area contributed by atoms with Gasteiger partial charge < -0.3 is 4.74 Å². The summed E-state index contributed by atoms with van der Waals surface area (Å²) in [5.74, 6) is -0.138. The van der Waals surface area contributed by atoms with Crippen molar-refractivity contribution in [2.45, 2.75) is 25.6 Å². The quantitative estimate of drug-likeness (QED) is 0.639. The first-order valence-electron chi connectivity index (χ1n) is 7.16. The summed E-state index contributed by atoms with van der Waals surface area (Å²) in [6, 6.07) is 18.5. The third-order valence-corrected chi connectivity index (χ3v) is 7.89. The summed E-state index contributed by atoms with van der Waals surface area (Å²) in [5, 5.41) is 1.27. The molecule has 3 heteroatoms. The Morgan fingerprint density at radius 3 is 2.29 bits per heavy atom. The Labute approximate surface area is 127 Å². The maximum atomic E-state index is 12.5. The molecule has 0 bridgehead atoms. The first kappa shape index (κ1) is 15.5. The van der Waals surface area contributed by atoms with Gasteiger partial charge in [-0.25, -0.2) is 0 Å². The molecule has 0 aliphatic rings. The minimum atomic E-state index is -2.03. The first-order valence-corrected chi connectivity index (χ1v) is 10.2. The SMILES string of the molecule is COC(=O)C(c1cccc(C)c1)[Si](C)(C)c1ccccc1. The standard InChI is InChI=1S/C18H22O2Si/c1-14-9-8-10-15(13-14)17(18(19)20-2)21(3,4)16-11-6-5-7-12-16/h5-13,17H,1-4H3. The second-order valence-corrected chi connectivity index (χ2v) is 10.6. The molecule has 0 aliphatic carbocycles. The number of methoxy groups -OCH3 is 1. The number of ether oxygens (including phenoxy) is 1. The van der Waals surface area contributed by atoms with Gasteiger partial charge >= 0.3 is 5.97 Å². The van der Waals surface area contributed by atoms with Crippen LogP contribution in [0, 0.1) is 6.92 Å². The number of hydrogen-bond donors (Lipinski definition) is 0. The van der Waals surface area contributed by atoms with Gasteiger partial charge in [0.2, 0.25) is 0 Å². The van der Waals surface area contributed by atoms with E-state index < -0.39 is 8.07 Å². The number of benzene rings is 2. The van der Waals surface area contributed by atoms with Gasteiger partial charge in [-0.15, -0.1) is 0 Å². The lowest BCUT2D eigenvalue weighted by Crippen LogP contribution is -2.50. The van der Waals surface area contributed by atoms with Gasteiger partial charge in [0, 0.05) is 0 Å². The highest BCUT2D eigenvalue weighted by Gasteiger charge is 2.40. The molecule has 2 aromatic carbocycles. The lowest BCUT2D eigenvalue weighted by atomic mass is 10.1. The number of esters is 1. The largest absolute Gasteiger partial charge is 0.469 e. The van der Waals surface area contributed by atoms with Crippen LogP contribution in [0.25, 0.3) is 0 Å². The molecule has 0 saturated carbocycles. The molecule has 0 saturated heterocycles. The lowest BCUT2D eigenvalue weighted by Gasteiger charge is -2.31. The van der Waals surface area contributed by atoms with Gasteiger partial charge in [0.15, 0.2) is 0 Å². The summed E-state index contributed by atoms with van der Waals surface area (Å²) in [4.78, 5) is 12.5. The molecule has 0 heterocycles. The zero-order valence-corrected chi connectivity index (χ0v) is 14.1. The molecule has 0 fully saturated rings. The van der Waals surface area contributed by atoms with E-state index in [0.29, 0.717) is 0 Å². The highest BCUT2D eigenvalue weighted by Crippen LogP contribution is 2.29. The van der Waals surface area contributed by atoms with Crippen LogP contribution in [0.3, 0.4) is 0 Å². The molecular weight excluding hydrogens is 276 g/mol. The monoisotopic (exact) mass is 298 g/mol. The van der Waals surface area contributed by atoms with Crippen LogP contribution in [0.1, 0.15) is 16.7 Å². The second-order valence-electron chi connectivity index (χ2n) is 5.96. The normalized spacial score (nSPS) is 12.8. The Bertz CT molecular complexity index is 620. The van der Waals surface area contributed by atoms with Crippen molar-refractivity contribution < 1.29 is 9.53 Å². The number of carbonyl (C=O) groups excluding carboxylic acids is 1.